The first-order valence-corrected chi connectivity index (χ1v) is 7.94. The molecule has 0 fully saturated rings. The number of benzene rings is 1. The standard InChI is InChI=1S/C15H22N2O3S/c1-4-11-7-5-6-10(2)14(11)17-13(18)9-21-8-12(16)15(19)20-3/h5-7,12H,4,8-9,16H2,1-3H3,(H,17,18). The third kappa shape index (κ3) is 5.40. The number of nitrogens with one attached hydrogen (secondary N) is 1. The SMILES string of the molecule is CCc1cccc(C)c1NC(=O)CSCC(N)C(=O)OC. The maximum Gasteiger partial charge on any atom is 0.323 e. The van der Waals surface area contributed by atoms with Crippen molar-refractivity contribution in [2.45, 2.75) is 26.3 Å². The van der Waals surface area contributed by atoms with Gasteiger partial charge in [0.1, 0.15) is 6.04 Å². The smallest absolute Gasteiger partial charge is 0.323 e. The Bertz CT molecular complexity index is 506. The van der Waals surface area contributed by atoms with Gasteiger partial charge in [-0.05, 0) is 24.5 Å². The lowest BCUT2D eigenvalue weighted by Crippen LogP contribution is -2.34. The zero-order valence-corrected chi connectivity index (χ0v) is 13.5. The number of hydrogen-bond acceptors (Lipinski definition) is 5. The summed E-state index contributed by atoms with van der Waals surface area (Å²) in [6, 6.07) is 5.25. The maximum absolute atomic E-state index is 12.0. The molecular weight excluding hydrogens is 288 g/mol. The molecule has 0 heterocycles. The van der Waals surface area contributed by atoms with Gasteiger partial charge in [0.05, 0.1) is 12.9 Å². The van der Waals surface area contributed by atoms with Crippen molar-refractivity contribution in [3.05, 3.63) is 29.3 Å². The number of nitrogens with two attached hydrogens (primary N) is 1. The summed E-state index contributed by atoms with van der Waals surface area (Å²) in [5.74, 6) is 0.0487. The summed E-state index contributed by atoms with van der Waals surface area (Å²) in [6.45, 7) is 4.02. The van der Waals surface area contributed by atoms with E-state index in [2.05, 4.69) is 17.0 Å². The molecule has 0 aliphatic carbocycles. The van der Waals surface area contributed by atoms with Gasteiger partial charge in [-0.3, -0.25) is 9.59 Å². The van der Waals surface area contributed by atoms with Crippen molar-refractivity contribution in [1.82, 2.24) is 0 Å². The average Bonchev–Trinajstić information content (AvgIpc) is 2.48. The number of ether oxygens (including phenoxy) is 1. The molecule has 116 valence electrons. The van der Waals surface area contributed by atoms with Crippen LogP contribution in [0.15, 0.2) is 18.2 Å². The van der Waals surface area contributed by atoms with Crippen molar-refractivity contribution in [3.63, 3.8) is 0 Å². The molecule has 1 atom stereocenters. The Morgan fingerprint density at radius 3 is 2.76 bits per heavy atom. The van der Waals surface area contributed by atoms with E-state index >= 15 is 0 Å². The van der Waals surface area contributed by atoms with Crippen LogP contribution in [0.2, 0.25) is 0 Å². The fraction of sp³-hybridized carbons (Fsp3) is 0.467. The van der Waals surface area contributed by atoms with Gasteiger partial charge in [0.25, 0.3) is 0 Å². The second kappa shape index (κ2) is 8.69. The molecule has 0 aromatic heterocycles. The molecule has 21 heavy (non-hydrogen) atoms. The predicted octanol–water partition coefficient (Wildman–Crippen LogP) is 1.73. The topological polar surface area (TPSA) is 81.4 Å². The zero-order valence-electron chi connectivity index (χ0n) is 12.6. The van der Waals surface area contributed by atoms with Crippen molar-refractivity contribution in [2.75, 3.05) is 23.9 Å². The fourth-order valence-corrected chi connectivity index (χ4v) is 2.64. The Labute approximate surface area is 129 Å². The summed E-state index contributed by atoms with van der Waals surface area (Å²) in [7, 11) is 1.30. The lowest BCUT2D eigenvalue weighted by molar-refractivity contribution is -0.141. The Morgan fingerprint density at radius 1 is 1.43 bits per heavy atom. The second-order valence-electron chi connectivity index (χ2n) is 4.66. The summed E-state index contributed by atoms with van der Waals surface area (Å²) in [6.07, 6.45) is 0.859. The maximum atomic E-state index is 12.0. The van der Waals surface area contributed by atoms with Gasteiger partial charge in [0.2, 0.25) is 5.91 Å². The highest BCUT2D eigenvalue weighted by atomic mass is 32.2. The van der Waals surface area contributed by atoms with Gasteiger partial charge < -0.3 is 15.8 Å². The van der Waals surface area contributed by atoms with E-state index in [0.717, 1.165) is 23.2 Å². The Hall–Kier alpha value is -1.53. The highest BCUT2D eigenvalue weighted by molar-refractivity contribution is 8.00. The van der Waals surface area contributed by atoms with Crippen molar-refractivity contribution in [3.8, 4) is 0 Å². The molecule has 0 aliphatic rings. The van der Waals surface area contributed by atoms with Crippen LogP contribution in [0.3, 0.4) is 0 Å². The van der Waals surface area contributed by atoms with Gasteiger partial charge in [-0.25, -0.2) is 0 Å². The molecular formula is C15H22N2O3S. The molecule has 0 saturated carbocycles. The van der Waals surface area contributed by atoms with Gasteiger partial charge in [0.15, 0.2) is 0 Å². The summed E-state index contributed by atoms with van der Waals surface area (Å²) < 4.78 is 4.53. The zero-order chi connectivity index (χ0) is 15.8. The van der Waals surface area contributed by atoms with Gasteiger partial charge in [-0.15, -0.1) is 11.8 Å². The monoisotopic (exact) mass is 310 g/mol. The van der Waals surface area contributed by atoms with Crippen molar-refractivity contribution in [2.24, 2.45) is 5.73 Å². The Morgan fingerprint density at radius 2 is 2.14 bits per heavy atom. The lowest BCUT2D eigenvalue weighted by Gasteiger charge is -2.13. The Balaban J connectivity index is 2.50. The number of carbonyl (C=O) groups is 2. The molecule has 0 aliphatic heterocycles. The molecule has 3 N–H and O–H groups in total. The second-order valence-corrected chi connectivity index (χ2v) is 5.69. The van der Waals surface area contributed by atoms with Crippen LogP contribution in [0.25, 0.3) is 0 Å². The van der Waals surface area contributed by atoms with E-state index in [1.807, 2.05) is 25.1 Å². The van der Waals surface area contributed by atoms with Crippen LogP contribution >= 0.6 is 11.8 Å². The summed E-state index contributed by atoms with van der Waals surface area (Å²) in [4.78, 5) is 23.1. The van der Waals surface area contributed by atoms with Crippen LogP contribution in [0.1, 0.15) is 18.1 Å². The summed E-state index contributed by atoms with van der Waals surface area (Å²) >= 11 is 1.31. The van der Waals surface area contributed by atoms with Crippen LogP contribution in [-0.4, -0.2) is 36.5 Å². The van der Waals surface area contributed by atoms with E-state index in [1.54, 1.807) is 0 Å². The quantitative estimate of drug-likeness (QED) is 0.750. The molecule has 1 amide bonds. The van der Waals surface area contributed by atoms with E-state index in [-0.39, 0.29) is 11.7 Å². The number of hydrogen-bond donors (Lipinski definition) is 2. The predicted molar refractivity (Wildman–Crippen MR) is 86.5 cm³/mol. The number of aryl methyl sites for hydroxylation is 2. The number of para-hydroxylation sites is 1. The first kappa shape index (κ1) is 17.5. The van der Waals surface area contributed by atoms with Crippen LogP contribution in [-0.2, 0) is 20.7 Å². The van der Waals surface area contributed by atoms with Gasteiger partial charge in [-0.1, -0.05) is 25.1 Å². The molecule has 6 heteroatoms. The van der Waals surface area contributed by atoms with Crippen molar-refractivity contribution in [1.29, 1.82) is 0 Å². The van der Waals surface area contributed by atoms with E-state index in [1.165, 1.54) is 18.9 Å². The number of carbonyl (C=O) groups excluding carboxylic acids is 2. The van der Waals surface area contributed by atoms with Crippen molar-refractivity contribution >= 4 is 29.3 Å². The number of esters is 1. The minimum absolute atomic E-state index is 0.0962. The lowest BCUT2D eigenvalue weighted by atomic mass is 10.1. The van der Waals surface area contributed by atoms with Crippen LogP contribution in [0.5, 0.6) is 0 Å². The largest absolute Gasteiger partial charge is 0.468 e. The normalized spacial score (nSPS) is 11.8. The molecule has 0 saturated heterocycles. The van der Waals surface area contributed by atoms with Crippen LogP contribution in [0, 0.1) is 6.92 Å². The minimum Gasteiger partial charge on any atom is -0.468 e. The molecule has 1 unspecified atom stereocenters. The van der Waals surface area contributed by atoms with E-state index in [4.69, 9.17) is 5.73 Å². The Kier molecular flexibility index (Phi) is 7.25. The molecule has 0 radical (unpaired) electrons. The molecule has 5 nitrogen and oxygen atoms in total. The molecule has 0 spiro atoms. The third-order valence-corrected chi connectivity index (χ3v) is 4.10. The molecule has 1 rings (SSSR count). The van der Waals surface area contributed by atoms with Gasteiger partial charge >= 0.3 is 5.97 Å². The molecule has 1 aromatic carbocycles. The van der Waals surface area contributed by atoms with E-state index in [9.17, 15) is 9.59 Å². The van der Waals surface area contributed by atoms with Crippen LogP contribution < -0.4 is 11.1 Å². The van der Waals surface area contributed by atoms with Crippen LogP contribution in [0.4, 0.5) is 5.69 Å². The average molecular weight is 310 g/mol. The molecule has 1 aromatic rings. The number of anilines is 1. The first-order valence-electron chi connectivity index (χ1n) is 6.79. The van der Waals surface area contributed by atoms with Gasteiger partial charge in [-0.2, -0.15) is 0 Å². The van der Waals surface area contributed by atoms with Crippen molar-refractivity contribution < 1.29 is 14.3 Å². The number of rotatable bonds is 7. The third-order valence-electron chi connectivity index (χ3n) is 3.04. The summed E-state index contributed by atoms with van der Waals surface area (Å²) in [5, 5.41) is 2.93. The number of amides is 1. The first-order chi connectivity index (χ1) is 9.99. The van der Waals surface area contributed by atoms with Gasteiger partial charge in [0, 0.05) is 11.4 Å². The minimum atomic E-state index is -0.697. The molecule has 0 bridgehead atoms. The summed E-state index contributed by atoms with van der Waals surface area (Å²) in [5.41, 5.74) is 8.64. The van der Waals surface area contributed by atoms with E-state index < -0.39 is 12.0 Å². The highest BCUT2D eigenvalue weighted by Gasteiger charge is 2.15. The number of thioether (sulfide) groups is 1. The fourth-order valence-electron chi connectivity index (χ4n) is 1.88. The highest BCUT2D eigenvalue weighted by Crippen LogP contribution is 2.21. The number of methoxy groups -OCH3 is 1. The van der Waals surface area contributed by atoms with E-state index in [0.29, 0.717) is 5.75 Å².